The maximum atomic E-state index is 13.8. The molecule has 0 aliphatic rings. The minimum absolute atomic E-state index is 0.0798. The second-order valence-corrected chi connectivity index (χ2v) is 6.81. The van der Waals surface area contributed by atoms with Gasteiger partial charge in [-0.25, -0.2) is 18.9 Å². The largest absolute Gasteiger partial charge is 0.417 e. The molecule has 2 amide bonds. The van der Waals surface area contributed by atoms with Crippen molar-refractivity contribution in [2.45, 2.75) is 6.18 Å². The molecule has 0 aliphatic heterocycles. The average molecular weight is 450 g/mol. The topological polar surface area (TPSA) is 71.8 Å². The maximum absolute atomic E-state index is 13.8. The van der Waals surface area contributed by atoms with Crippen LogP contribution in [0.15, 0.2) is 60.9 Å². The first-order valence-electron chi connectivity index (χ1n) is 8.76. The van der Waals surface area contributed by atoms with E-state index in [-0.39, 0.29) is 11.4 Å². The van der Waals surface area contributed by atoms with Gasteiger partial charge < -0.3 is 10.6 Å². The van der Waals surface area contributed by atoms with E-state index < -0.39 is 28.6 Å². The molecule has 0 aliphatic carbocycles. The molecule has 11 heteroatoms. The Morgan fingerprint density at radius 3 is 2.45 bits per heavy atom. The molecule has 6 nitrogen and oxygen atoms in total. The Balaban J connectivity index is 1.48. The quantitative estimate of drug-likeness (QED) is 0.384. The van der Waals surface area contributed by atoms with Crippen molar-refractivity contribution in [3.05, 3.63) is 77.3 Å². The predicted molar refractivity (Wildman–Crippen MR) is 108 cm³/mol. The smallest absolute Gasteiger partial charge is 0.308 e. The number of alkyl halides is 3. The van der Waals surface area contributed by atoms with Crippen molar-refractivity contribution in [1.29, 1.82) is 0 Å². The Morgan fingerprint density at radius 1 is 1.00 bits per heavy atom. The summed E-state index contributed by atoms with van der Waals surface area (Å²) in [4.78, 5) is 16.3. The first kappa shape index (κ1) is 20.6. The molecular formula is C20H12ClF4N5O. The average Bonchev–Trinajstić information content (AvgIpc) is 3.15. The number of carbonyl (C=O) groups excluding carboxylic acids is 1. The number of hydrogen-bond donors (Lipinski definition) is 2. The third kappa shape index (κ3) is 4.29. The van der Waals surface area contributed by atoms with Gasteiger partial charge in [-0.1, -0.05) is 17.7 Å². The van der Waals surface area contributed by atoms with Crippen molar-refractivity contribution < 1.29 is 22.4 Å². The van der Waals surface area contributed by atoms with E-state index in [2.05, 4.69) is 20.7 Å². The third-order valence-corrected chi connectivity index (χ3v) is 4.64. The van der Waals surface area contributed by atoms with Gasteiger partial charge in [0.25, 0.3) is 0 Å². The number of carbonyl (C=O) groups is 1. The Morgan fingerprint density at radius 2 is 1.74 bits per heavy atom. The maximum Gasteiger partial charge on any atom is 0.417 e. The van der Waals surface area contributed by atoms with E-state index in [4.69, 9.17) is 11.6 Å². The minimum atomic E-state index is -4.65. The summed E-state index contributed by atoms with van der Waals surface area (Å²) in [5, 5.41) is 8.76. The molecule has 4 aromatic rings. The molecule has 0 saturated heterocycles. The fraction of sp³-hybridized carbons (Fsp3) is 0.0500. The van der Waals surface area contributed by atoms with Crippen molar-refractivity contribution in [2.75, 3.05) is 10.6 Å². The number of rotatable bonds is 3. The van der Waals surface area contributed by atoms with Crippen molar-refractivity contribution >= 4 is 39.9 Å². The molecule has 0 saturated carbocycles. The van der Waals surface area contributed by atoms with Crippen LogP contribution in [0.1, 0.15) is 5.56 Å². The van der Waals surface area contributed by atoms with Crippen LogP contribution in [0.25, 0.3) is 16.7 Å². The Bertz CT molecular complexity index is 1270. The summed E-state index contributed by atoms with van der Waals surface area (Å²) >= 11 is 5.56. The highest BCUT2D eigenvalue weighted by atomic mass is 35.5. The third-order valence-electron chi connectivity index (χ3n) is 4.31. The standard InChI is InChI=1S/C20H12ClF4N5O/c21-15-6-4-11(8-14(15)20(23,24)25)28-19(31)29-12-5-7-18(26-9-12)30-17-3-1-2-16(22)13(17)10-27-30/h1-10H,(H2,28,29,31). The lowest BCUT2D eigenvalue weighted by Crippen LogP contribution is -2.20. The van der Waals surface area contributed by atoms with Crippen LogP contribution in [-0.4, -0.2) is 20.8 Å². The van der Waals surface area contributed by atoms with Gasteiger partial charge in [0.2, 0.25) is 0 Å². The number of nitrogens with one attached hydrogen (secondary N) is 2. The van der Waals surface area contributed by atoms with Gasteiger partial charge in [0.1, 0.15) is 5.82 Å². The number of pyridine rings is 1. The molecule has 2 N–H and O–H groups in total. The van der Waals surface area contributed by atoms with E-state index in [1.54, 1.807) is 18.2 Å². The van der Waals surface area contributed by atoms with Gasteiger partial charge in [-0.2, -0.15) is 18.3 Å². The molecule has 2 aromatic carbocycles. The molecule has 0 radical (unpaired) electrons. The summed E-state index contributed by atoms with van der Waals surface area (Å²) in [5.74, 6) is -0.0198. The van der Waals surface area contributed by atoms with Gasteiger partial charge in [-0.3, -0.25) is 0 Å². The van der Waals surface area contributed by atoms with E-state index in [9.17, 15) is 22.4 Å². The number of fused-ring (bicyclic) bond motifs is 1. The lowest BCUT2D eigenvalue weighted by molar-refractivity contribution is -0.137. The van der Waals surface area contributed by atoms with Gasteiger partial charge in [0.05, 0.1) is 39.6 Å². The van der Waals surface area contributed by atoms with Crippen LogP contribution in [0.4, 0.5) is 33.7 Å². The fourth-order valence-corrected chi connectivity index (χ4v) is 3.12. The molecule has 2 heterocycles. The lowest BCUT2D eigenvalue weighted by Gasteiger charge is -2.12. The zero-order chi connectivity index (χ0) is 22.2. The molecule has 0 spiro atoms. The second kappa shape index (κ2) is 7.88. The minimum Gasteiger partial charge on any atom is -0.308 e. The van der Waals surface area contributed by atoms with Crippen LogP contribution >= 0.6 is 11.6 Å². The highest BCUT2D eigenvalue weighted by molar-refractivity contribution is 6.31. The zero-order valence-corrected chi connectivity index (χ0v) is 16.2. The van der Waals surface area contributed by atoms with Crippen LogP contribution in [0.3, 0.4) is 0 Å². The molecule has 0 bridgehead atoms. The molecule has 158 valence electrons. The lowest BCUT2D eigenvalue weighted by atomic mass is 10.2. The van der Waals surface area contributed by atoms with Gasteiger partial charge in [-0.05, 0) is 42.5 Å². The number of amides is 2. The van der Waals surface area contributed by atoms with Crippen LogP contribution in [0.2, 0.25) is 5.02 Å². The van der Waals surface area contributed by atoms with E-state index >= 15 is 0 Å². The normalized spacial score (nSPS) is 11.5. The number of hydrogen-bond acceptors (Lipinski definition) is 3. The molecule has 0 unspecified atom stereocenters. The zero-order valence-electron chi connectivity index (χ0n) is 15.4. The predicted octanol–water partition coefficient (Wildman–Crippen LogP) is 5.88. The number of anilines is 2. The number of aromatic nitrogens is 3. The molecule has 2 aromatic heterocycles. The molecule has 0 atom stereocenters. The Hall–Kier alpha value is -3.66. The summed E-state index contributed by atoms with van der Waals surface area (Å²) in [6, 6.07) is 9.92. The number of nitrogens with zero attached hydrogens (tertiary/aromatic N) is 3. The van der Waals surface area contributed by atoms with Gasteiger partial charge in [0.15, 0.2) is 5.82 Å². The summed E-state index contributed by atoms with van der Waals surface area (Å²) in [5.41, 5.74) is -0.326. The molecule has 0 fully saturated rings. The second-order valence-electron chi connectivity index (χ2n) is 6.41. The first-order chi connectivity index (χ1) is 14.7. The van der Waals surface area contributed by atoms with Gasteiger partial charge in [-0.15, -0.1) is 0 Å². The van der Waals surface area contributed by atoms with E-state index in [1.165, 1.54) is 35.3 Å². The Kier molecular flexibility index (Phi) is 5.24. The van der Waals surface area contributed by atoms with Crippen LogP contribution in [0, 0.1) is 5.82 Å². The highest BCUT2D eigenvalue weighted by Gasteiger charge is 2.33. The van der Waals surface area contributed by atoms with Crippen LogP contribution in [0.5, 0.6) is 0 Å². The Labute approximate surface area is 177 Å². The first-order valence-corrected chi connectivity index (χ1v) is 9.13. The van der Waals surface area contributed by atoms with E-state index in [0.717, 1.165) is 12.1 Å². The van der Waals surface area contributed by atoms with Gasteiger partial charge in [0, 0.05) is 5.69 Å². The highest BCUT2D eigenvalue weighted by Crippen LogP contribution is 2.36. The van der Waals surface area contributed by atoms with Crippen molar-refractivity contribution in [2.24, 2.45) is 0 Å². The van der Waals surface area contributed by atoms with Crippen molar-refractivity contribution in [1.82, 2.24) is 14.8 Å². The molecule has 4 rings (SSSR count). The number of halogens is 5. The summed E-state index contributed by atoms with van der Waals surface area (Å²) < 4.78 is 54.1. The van der Waals surface area contributed by atoms with E-state index in [0.29, 0.717) is 16.7 Å². The van der Waals surface area contributed by atoms with E-state index in [1.807, 2.05) is 0 Å². The van der Waals surface area contributed by atoms with Crippen LogP contribution in [-0.2, 0) is 6.18 Å². The van der Waals surface area contributed by atoms with Crippen molar-refractivity contribution in [3.63, 3.8) is 0 Å². The monoisotopic (exact) mass is 449 g/mol. The molecule has 31 heavy (non-hydrogen) atoms. The fourth-order valence-electron chi connectivity index (χ4n) is 2.90. The number of benzene rings is 2. The molecular weight excluding hydrogens is 438 g/mol. The van der Waals surface area contributed by atoms with Gasteiger partial charge >= 0.3 is 12.2 Å². The van der Waals surface area contributed by atoms with Crippen LogP contribution < -0.4 is 10.6 Å². The summed E-state index contributed by atoms with van der Waals surface area (Å²) in [6.07, 6.45) is -1.93. The summed E-state index contributed by atoms with van der Waals surface area (Å²) in [6.45, 7) is 0. The van der Waals surface area contributed by atoms with Crippen molar-refractivity contribution in [3.8, 4) is 5.82 Å². The number of urea groups is 1. The SMILES string of the molecule is O=C(Nc1ccc(-n2ncc3c(F)cccc32)nc1)Nc1ccc(Cl)c(C(F)(F)F)c1. The summed E-state index contributed by atoms with van der Waals surface area (Å²) in [7, 11) is 0.